The first-order valence-corrected chi connectivity index (χ1v) is 9.62. The van der Waals surface area contributed by atoms with Crippen molar-refractivity contribution in [2.24, 2.45) is 10.9 Å². The van der Waals surface area contributed by atoms with Gasteiger partial charge in [-0.15, -0.1) is 24.0 Å². The van der Waals surface area contributed by atoms with Crippen molar-refractivity contribution in [2.45, 2.75) is 25.9 Å². The van der Waals surface area contributed by atoms with E-state index in [1.165, 1.54) is 0 Å². The molecule has 0 aliphatic carbocycles. The molecule has 28 heavy (non-hydrogen) atoms. The zero-order valence-electron chi connectivity index (χ0n) is 17.1. The first-order chi connectivity index (χ1) is 13.2. The number of hydrogen-bond donors (Lipinski definition) is 2. The Morgan fingerprint density at radius 2 is 2.14 bits per heavy atom. The number of nitrogens with one attached hydrogen (secondary N) is 2. The normalized spacial score (nSPS) is 17.5. The molecule has 2 unspecified atom stereocenters. The fraction of sp³-hybridized carbons (Fsp3) is 0.650. The highest BCUT2D eigenvalue weighted by atomic mass is 127. The molecule has 0 saturated carbocycles. The van der Waals surface area contributed by atoms with Crippen molar-refractivity contribution in [1.29, 1.82) is 0 Å². The summed E-state index contributed by atoms with van der Waals surface area (Å²) in [6.07, 6.45) is 2.04. The lowest BCUT2D eigenvalue weighted by Crippen LogP contribution is -2.42. The molecule has 7 nitrogen and oxygen atoms in total. The Morgan fingerprint density at radius 3 is 2.86 bits per heavy atom. The van der Waals surface area contributed by atoms with E-state index in [4.69, 9.17) is 18.9 Å². The summed E-state index contributed by atoms with van der Waals surface area (Å²) in [7, 11) is 3.41. The van der Waals surface area contributed by atoms with Crippen molar-refractivity contribution in [3.63, 3.8) is 0 Å². The van der Waals surface area contributed by atoms with Crippen LogP contribution in [0.5, 0.6) is 11.5 Å². The number of rotatable bonds is 11. The lowest BCUT2D eigenvalue weighted by molar-refractivity contribution is 0.0888. The zero-order chi connectivity index (χ0) is 19.3. The summed E-state index contributed by atoms with van der Waals surface area (Å²) in [6.45, 7) is 6.73. The molecule has 0 amide bonds. The van der Waals surface area contributed by atoms with Crippen LogP contribution in [-0.2, 0) is 9.47 Å². The number of benzene rings is 1. The van der Waals surface area contributed by atoms with Crippen LogP contribution >= 0.6 is 24.0 Å². The molecule has 2 atom stereocenters. The van der Waals surface area contributed by atoms with Crippen LogP contribution in [0.15, 0.2) is 29.3 Å². The van der Waals surface area contributed by atoms with Gasteiger partial charge in [0.1, 0.15) is 17.6 Å². The quantitative estimate of drug-likeness (QED) is 0.208. The van der Waals surface area contributed by atoms with Crippen LogP contribution in [0.2, 0.25) is 0 Å². The molecule has 1 fully saturated rings. The molecule has 160 valence electrons. The van der Waals surface area contributed by atoms with Crippen molar-refractivity contribution >= 4 is 29.9 Å². The molecule has 1 aromatic rings. The molecular weight excluding hydrogens is 473 g/mol. The zero-order valence-corrected chi connectivity index (χ0v) is 19.4. The molecule has 0 radical (unpaired) electrons. The minimum Gasteiger partial charge on any atom is -0.497 e. The van der Waals surface area contributed by atoms with E-state index in [0.29, 0.717) is 12.5 Å². The Balaban J connectivity index is 0.00000392. The summed E-state index contributed by atoms with van der Waals surface area (Å²) in [6, 6.07) is 7.61. The summed E-state index contributed by atoms with van der Waals surface area (Å²) in [4.78, 5) is 4.24. The van der Waals surface area contributed by atoms with E-state index in [1.54, 1.807) is 14.2 Å². The van der Waals surface area contributed by atoms with Crippen LogP contribution in [0.1, 0.15) is 19.8 Å². The maximum Gasteiger partial charge on any atom is 0.191 e. The monoisotopic (exact) mass is 507 g/mol. The summed E-state index contributed by atoms with van der Waals surface area (Å²) < 4.78 is 22.2. The Kier molecular flexibility index (Phi) is 13.0. The smallest absolute Gasteiger partial charge is 0.191 e. The Labute approximate surface area is 185 Å². The average molecular weight is 507 g/mol. The molecule has 1 aromatic carbocycles. The molecule has 1 heterocycles. The lowest BCUT2D eigenvalue weighted by Gasteiger charge is -2.18. The van der Waals surface area contributed by atoms with Gasteiger partial charge in [0, 0.05) is 38.8 Å². The van der Waals surface area contributed by atoms with E-state index < -0.39 is 0 Å². The summed E-state index contributed by atoms with van der Waals surface area (Å²) >= 11 is 0. The highest BCUT2D eigenvalue weighted by molar-refractivity contribution is 14.0. The van der Waals surface area contributed by atoms with Crippen LogP contribution in [0.3, 0.4) is 0 Å². The molecule has 2 N–H and O–H groups in total. The van der Waals surface area contributed by atoms with Gasteiger partial charge in [0.2, 0.25) is 0 Å². The second kappa shape index (κ2) is 14.7. The molecule has 1 saturated heterocycles. The standard InChI is InChI=1S/C20H33N3O4.HI/c1-16(27-19-7-4-6-18(12-19)24-3)13-23-20(21-2)22-9-5-10-25-14-17-8-11-26-15-17;/h4,6-7,12,16-17H,5,8-11,13-15H2,1-3H3,(H2,21,22,23);1H. The summed E-state index contributed by atoms with van der Waals surface area (Å²) in [5, 5.41) is 6.57. The van der Waals surface area contributed by atoms with Gasteiger partial charge in [-0.3, -0.25) is 4.99 Å². The molecule has 1 aliphatic heterocycles. The van der Waals surface area contributed by atoms with E-state index in [-0.39, 0.29) is 30.1 Å². The third kappa shape index (κ3) is 9.79. The molecular formula is C20H34IN3O4. The van der Waals surface area contributed by atoms with Gasteiger partial charge in [-0.1, -0.05) is 6.07 Å². The van der Waals surface area contributed by atoms with Gasteiger partial charge in [-0.05, 0) is 31.9 Å². The fourth-order valence-electron chi connectivity index (χ4n) is 2.76. The number of ether oxygens (including phenoxy) is 4. The van der Waals surface area contributed by atoms with Crippen LogP contribution < -0.4 is 20.1 Å². The molecule has 8 heteroatoms. The van der Waals surface area contributed by atoms with E-state index >= 15 is 0 Å². The first-order valence-electron chi connectivity index (χ1n) is 9.62. The predicted octanol–water partition coefficient (Wildman–Crippen LogP) is 2.69. The van der Waals surface area contributed by atoms with Crippen molar-refractivity contribution in [3.05, 3.63) is 24.3 Å². The number of hydrogen-bond acceptors (Lipinski definition) is 5. The van der Waals surface area contributed by atoms with Gasteiger partial charge in [-0.2, -0.15) is 0 Å². The number of nitrogens with zero attached hydrogens (tertiary/aromatic N) is 1. The average Bonchev–Trinajstić information content (AvgIpc) is 3.20. The minimum absolute atomic E-state index is 0. The molecule has 0 spiro atoms. The minimum atomic E-state index is -0.00683. The van der Waals surface area contributed by atoms with Gasteiger partial charge < -0.3 is 29.6 Å². The maximum absolute atomic E-state index is 5.90. The van der Waals surface area contributed by atoms with Gasteiger partial charge in [0.15, 0.2) is 5.96 Å². The van der Waals surface area contributed by atoms with Crippen molar-refractivity contribution in [2.75, 3.05) is 53.7 Å². The highest BCUT2D eigenvalue weighted by Gasteiger charge is 2.15. The van der Waals surface area contributed by atoms with Crippen molar-refractivity contribution in [3.8, 4) is 11.5 Å². The second-order valence-electron chi connectivity index (χ2n) is 6.65. The van der Waals surface area contributed by atoms with Gasteiger partial charge in [0.25, 0.3) is 0 Å². The van der Waals surface area contributed by atoms with Gasteiger partial charge in [-0.25, -0.2) is 0 Å². The predicted molar refractivity (Wildman–Crippen MR) is 122 cm³/mol. The number of guanidine groups is 1. The Morgan fingerprint density at radius 1 is 1.32 bits per heavy atom. The summed E-state index contributed by atoms with van der Waals surface area (Å²) in [5.74, 6) is 2.91. The largest absolute Gasteiger partial charge is 0.497 e. The SMILES string of the molecule is CN=C(NCCCOCC1CCOC1)NCC(C)Oc1cccc(OC)c1.I. The van der Waals surface area contributed by atoms with Gasteiger partial charge >= 0.3 is 0 Å². The van der Waals surface area contributed by atoms with Crippen molar-refractivity contribution < 1.29 is 18.9 Å². The number of aliphatic imine (C=N–C) groups is 1. The summed E-state index contributed by atoms with van der Waals surface area (Å²) in [5.41, 5.74) is 0. The van der Waals surface area contributed by atoms with Crippen LogP contribution in [-0.4, -0.2) is 65.7 Å². The van der Waals surface area contributed by atoms with E-state index in [2.05, 4.69) is 15.6 Å². The highest BCUT2D eigenvalue weighted by Crippen LogP contribution is 2.19. The van der Waals surface area contributed by atoms with Crippen LogP contribution in [0, 0.1) is 5.92 Å². The molecule has 0 aromatic heterocycles. The second-order valence-corrected chi connectivity index (χ2v) is 6.65. The lowest BCUT2D eigenvalue weighted by atomic mass is 10.1. The van der Waals surface area contributed by atoms with E-state index in [9.17, 15) is 0 Å². The van der Waals surface area contributed by atoms with E-state index in [0.717, 1.165) is 63.3 Å². The molecule has 1 aliphatic rings. The van der Waals surface area contributed by atoms with Gasteiger partial charge in [0.05, 0.1) is 26.9 Å². The van der Waals surface area contributed by atoms with Crippen LogP contribution in [0.25, 0.3) is 0 Å². The third-order valence-corrected chi connectivity index (χ3v) is 4.29. The molecule has 0 bridgehead atoms. The number of methoxy groups -OCH3 is 1. The fourth-order valence-corrected chi connectivity index (χ4v) is 2.76. The topological polar surface area (TPSA) is 73.3 Å². The third-order valence-electron chi connectivity index (χ3n) is 4.29. The first kappa shape index (κ1) is 24.8. The Hall–Kier alpha value is -1.26. The van der Waals surface area contributed by atoms with E-state index in [1.807, 2.05) is 31.2 Å². The number of halogens is 1. The van der Waals surface area contributed by atoms with Crippen LogP contribution in [0.4, 0.5) is 0 Å². The maximum atomic E-state index is 5.90. The van der Waals surface area contributed by atoms with Crippen molar-refractivity contribution in [1.82, 2.24) is 10.6 Å². The Bertz CT molecular complexity index is 568. The molecule has 2 rings (SSSR count).